The lowest BCUT2D eigenvalue weighted by Crippen LogP contribution is -2.70. The molecule has 41 heavy (non-hydrogen) atoms. The zero-order valence-corrected chi connectivity index (χ0v) is 23.9. The number of hydrogen-bond acceptors (Lipinski definition) is 8. The molecule has 8 nitrogen and oxygen atoms in total. The van der Waals surface area contributed by atoms with Crippen LogP contribution in [0.3, 0.4) is 0 Å². The minimum atomic E-state index is -0.773. The fraction of sp³-hybridized carbons (Fsp3) is 0.226. The number of methoxy groups -OCH3 is 1. The van der Waals surface area contributed by atoms with Crippen molar-refractivity contribution in [2.24, 2.45) is 0 Å². The smallest absolute Gasteiger partial charge is 0.356 e. The van der Waals surface area contributed by atoms with Gasteiger partial charge in [-0.3, -0.25) is 19.3 Å². The van der Waals surface area contributed by atoms with Gasteiger partial charge in [0.1, 0.15) is 17.1 Å². The second-order valence-corrected chi connectivity index (χ2v) is 11.5. The molecule has 0 saturated carbocycles. The van der Waals surface area contributed by atoms with Gasteiger partial charge in [-0.25, -0.2) is 4.79 Å². The van der Waals surface area contributed by atoms with Gasteiger partial charge in [0.2, 0.25) is 5.91 Å². The second-order valence-electron chi connectivity index (χ2n) is 9.36. The highest BCUT2D eigenvalue weighted by Crippen LogP contribution is 2.44. The maximum absolute atomic E-state index is 13.9. The van der Waals surface area contributed by atoms with Crippen molar-refractivity contribution in [1.29, 1.82) is 0 Å². The van der Waals surface area contributed by atoms with E-state index in [1.807, 2.05) is 91.0 Å². The Bertz CT molecular complexity index is 1410. The second kappa shape index (κ2) is 13.1. The van der Waals surface area contributed by atoms with Crippen molar-refractivity contribution in [1.82, 2.24) is 10.2 Å². The molecule has 3 aromatic rings. The number of carbonyl (C=O) groups is 4. The Kier molecular flexibility index (Phi) is 9.11. The zero-order valence-electron chi connectivity index (χ0n) is 22.2. The molecule has 5 rings (SSSR count). The number of amides is 2. The van der Waals surface area contributed by atoms with Gasteiger partial charge in [0.25, 0.3) is 5.91 Å². The molecule has 1 saturated heterocycles. The molecular weight excluding hydrogens is 560 g/mol. The molecule has 2 aliphatic rings. The molecule has 210 valence electrons. The fourth-order valence-corrected chi connectivity index (χ4v) is 7.11. The quantitative estimate of drug-likeness (QED) is 0.279. The topological polar surface area (TPSA) is 102 Å². The molecule has 0 aliphatic carbocycles. The zero-order chi connectivity index (χ0) is 28.8. The Morgan fingerprint density at radius 1 is 0.951 bits per heavy atom. The monoisotopic (exact) mass is 588 g/mol. The standard InChI is InChI=1S/C31H28N2O6S2/c1-38-25(35)19-40-23-18-41-30-26(32-24(34)17-20-11-5-2-6-12-20)29(36)33(30)27(23)31(37)39-28(21-13-7-3-8-14-21)22-15-9-4-10-16-22/h2-16,26,28,30H,17-19H2,1H3,(H,32,34)/t26-,30-/m1/s1. The number of rotatable bonds is 10. The summed E-state index contributed by atoms with van der Waals surface area (Å²) in [6, 6.07) is 27.2. The number of benzene rings is 3. The Labute approximate surface area is 246 Å². The summed E-state index contributed by atoms with van der Waals surface area (Å²) in [6.07, 6.45) is -0.571. The normalized spacial score (nSPS) is 17.9. The van der Waals surface area contributed by atoms with Crippen molar-refractivity contribution in [3.63, 3.8) is 0 Å². The van der Waals surface area contributed by atoms with Crippen molar-refractivity contribution in [2.75, 3.05) is 18.6 Å². The van der Waals surface area contributed by atoms with E-state index in [4.69, 9.17) is 9.47 Å². The van der Waals surface area contributed by atoms with Crippen molar-refractivity contribution < 1.29 is 28.7 Å². The molecule has 0 bridgehead atoms. The van der Waals surface area contributed by atoms with E-state index in [2.05, 4.69) is 5.32 Å². The predicted molar refractivity (Wildman–Crippen MR) is 157 cm³/mol. The van der Waals surface area contributed by atoms with Crippen molar-refractivity contribution in [2.45, 2.75) is 23.9 Å². The van der Waals surface area contributed by atoms with Crippen LogP contribution in [0.4, 0.5) is 0 Å². The van der Waals surface area contributed by atoms with E-state index in [9.17, 15) is 19.2 Å². The van der Waals surface area contributed by atoms with Crippen LogP contribution in [-0.4, -0.2) is 58.7 Å². The first-order valence-electron chi connectivity index (χ1n) is 13.0. The van der Waals surface area contributed by atoms with E-state index in [1.54, 1.807) is 0 Å². The average Bonchev–Trinajstić information content (AvgIpc) is 3.02. The molecule has 1 fully saturated rings. The SMILES string of the molecule is COC(=O)CSC1=C(C(=O)OC(c2ccccc2)c2ccccc2)N2C(=O)[C@@H](NC(=O)Cc3ccccc3)[C@H]2SC1. The van der Waals surface area contributed by atoms with Gasteiger partial charge in [-0.15, -0.1) is 23.5 Å². The molecule has 2 amide bonds. The number of nitrogens with one attached hydrogen (secondary N) is 1. The van der Waals surface area contributed by atoms with E-state index in [0.29, 0.717) is 10.7 Å². The Hall–Kier alpha value is -4.02. The lowest BCUT2D eigenvalue weighted by molar-refractivity contribution is -0.154. The summed E-state index contributed by atoms with van der Waals surface area (Å²) in [5, 5.41) is 2.36. The highest BCUT2D eigenvalue weighted by molar-refractivity contribution is 8.06. The van der Waals surface area contributed by atoms with Gasteiger partial charge in [-0.1, -0.05) is 91.0 Å². The number of fused-ring (bicyclic) bond motifs is 1. The van der Waals surface area contributed by atoms with Crippen LogP contribution < -0.4 is 5.32 Å². The average molecular weight is 589 g/mol. The summed E-state index contributed by atoms with van der Waals surface area (Å²) in [5.74, 6) is -1.46. The summed E-state index contributed by atoms with van der Waals surface area (Å²) >= 11 is 2.57. The van der Waals surface area contributed by atoms with Gasteiger partial charge >= 0.3 is 11.9 Å². The molecule has 2 atom stereocenters. The van der Waals surface area contributed by atoms with E-state index < -0.39 is 35.4 Å². The molecule has 1 N–H and O–H groups in total. The predicted octanol–water partition coefficient (Wildman–Crippen LogP) is 4.08. The molecule has 2 heterocycles. The number of carbonyl (C=O) groups excluding carboxylic acids is 4. The first-order valence-corrected chi connectivity index (χ1v) is 15.0. The van der Waals surface area contributed by atoms with Gasteiger partial charge in [-0.05, 0) is 16.7 Å². The Balaban J connectivity index is 1.39. The molecule has 2 aliphatic heterocycles. The van der Waals surface area contributed by atoms with E-state index >= 15 is 0 Å². The summed E-state index contributed by atoms with van der Waals surface area (Å²) < 4.78 is 10.9. The third-order valence-corrected chi connectivity index (χ3v) is 9.20. The van der Waals surface area contributed by atoms with Crippen molar-refractivity contribution in [3.8, 4) is 0 Å². The molecule has 10 heteroatoms. The highest BCUT2D eigenvalue weighted by atomic mass is 32.2. The lowest BCUT2D eigenvalue weighted by Gasteiger charge is -2.49. The Morgan fingerprint density at radius 3 is 2.12 bits per heavy atom. The summed E-state index contributed by atoms with van der Waals surface area (Å²) in [7, 11) is 1.30. The van der Waals surface area contributed by atoms with Crippen LogP contribution >= 0.6 is 23.5 Å². The number of nitrogens with zero attached hydrogens (tertiary/aromatic N) is 1. The van der Waals surface area contributed by atoms with Gasteiger partial charge < -0.3 is 14.8 Å². The van der Waals surface area contributed by atoms with Gasteiger partial charge in [0, 0.05) is 10.7 Å². The maximum atomic E-state index is 13.9. The van der Waals surface area contributed by atoms with Crippen LogP contribution in [0.5, 0.6) is 0 Å². The maximum Gasteiger partial charge on any atom is 0.356 e. The third-order valence-electron chi connectivity index (χ3n) is 6.67. The van der Waals surface area contributed by atoms with Crippen molar-refractivity contribution in [3.05, 3.63) is 118 Å². The molecule has 3 aromatic carbocycles. The fourth-order valence-electron chi connectivity index (χ4n) is 4.65. The number of ether oxygens (including phenoxy) is 2. The molecule has 0 aromatic heterocycles. The van der Waals surface area contributed by atoms with Gasteiger partial charge in [0.15, 0.2) is 6.10 Å². The number of esters is 2. The summed E-state index contributed by atoms with van der Waals surface area (Å²) in [6.45, 7) is 0. The van der Waals surface area contributed by atoms with Crippen LogP contribution in [0.25, 0.3) is 0 Å². The van der Waals surface area contributed by atoms with Crippen LogP contribution in [-0.2, 0) is 35.1 Å². The molecular formula is C31H28N2O6S2. The minimum absolute atomic E-state index is 0.0199. The van der Waals surface area contributed by atoms with Crippen LogP contribution in [0.15, 0.2) is 102 Å². The number of β-lactam (4-membered cyclic amide) rings is 1. The lowest BCUT2D eigenvalue weighted by atomic mass is 10.0. The summed E-state index contributed by atoms with van der Waals surface area (Å²) in [4.78, 5) is 53.9. The molecule has 0 spiro atoms. The first-order chi connectivity index (χ1) is 20.0. The largest absolute Gasteiger partial charge is 0.468 e. The Morgan fingerprint density at radius 2 is 1.54 bits per heavy atom. The molecule has 0 radical (unpaired) electrons. The van der Waals surface area contributed by atoms with Gasteiger partial charge in [-0.2, -0.15) is 0 Å². The highest BCUT2D eigenvalue weighted by Gasteiger charge is 2.54. The van der Waals surface area contributed by atoms with E-state index in [0.717, 1.165) is 28.5 Å². The first kappa shape index (κ1) is 28.5. The van der Waals surface area contributed by atoms with E-state index in [1.165, 1.54) is 23.8 Å². The van der Waals surface area contributed by atoms with Crippen LogP contribution in [0, 0.1) is 0 Å². The number of hydrogen-bond donors (Lipinski definition) is 1. The van der Waals surface area contributed by atoms with Gasteiger partial charge in [0.05, 0.1) is 19.3 Å². The van der Waals surface area contributed by atoms with Crippen LogP contribution in [0.1, 0.15) is 22.8 Å². The minimum Gasteiger partial charge on any atom is -0.468 e. The number of thioether (sulfide) groups is 2. The van der Waals surface area contributed by atoms with Crippen molar-refractivity contribution >= 4 is 47.3 Å². The molecule has 0 unspecified atom stereocenters. The van der Waals surface area contributed by atoms with E-state index in [-0.39, 0.29) is 23.8 Å². The van der Waals surface area contributed by atoms with Crippen LogP contribution in [0.2, 0.25) is 0 Å². The summed E-state index contributed by atoms with van der Waals surface area (Å²) in [5.41, 5.74) is 2.49. The third kappa shape index (κ3) is 6.49.